The highest BCUT2D eigenvalue weighted by Gasteiger charge is 2.29. The second-order valence-corrected chi connectivity index (χ2v) is 6.85. The predicted octanol–water partition coefficient (Wildman–Crippen LogP) is 4.18. The monoisotopic (exact) mass is 418 g/mol. The standard InChI is InChI=1S/C24H22N2O5/c1-2-29-18-9-11-19(12-10-18)30-15-22(27)25-17-8-13-21-20(14-17)26-24(28)23(31-21)16-6-4-3-5-7-16/h3-14,23H,2,15H2,1H3,(H,25,27)(H,26,28). The Labute approximate surface area is 179 Å². The van der Waals surface area contributed by atoms with Gasteiger partial charge >= 0.3 is 0 Å². The van der Waals surface area contributed by atoms with E-state index in [0.717, 1.165) is 11.3 Å². The Kier molecular flexibility index (Phi) is 6.03. The van der Waals surface area contributed by atoms with E-state index in [1.165, 1.54) is 0 Å². The SMILES string of the molecule is CCOc1ccc(OCC(=O)Nc2ccc3c(c2)NC(=O)C(c2ccccc2)O3)cc1. The summed E-state index contributed by atoms with van der Waals surface area (Å²) in [6.07, 6.45) is -0.711. The molecule has 1 atom stereocenters. The maximum atomic E-state index is 12.5. The molecule has 0 aliphatic carbocycles. The zero-order valence-electron chi connectivity index (χ0n) is 17.0. The lowest BCUT2D eigenvalue weighted by Crippen LogP contribution is -2.30. The highest BCUT2D eigenvalue weighted by molar-refractivity contribution is 6.00. The number of amides is 2. The number of fused-ring (bicyclic) bond motifs is 1. The highest BCUT2D eigenvalue weighted by atomic mass is 16.5. The van der Waals surface area contributed by atoms with Crippen LogP contribution in [-0.4, -0.2) is 25.0 Å². The molecule has 0 saturated heterocycles. The van der Waals surface area contributed by atoms with Crippen LogP contribution in [0.1, 0.15) is 18.6 Å². The number of hydrogen-bond donors (Lipinski definition) is 2. The van der Waals surface area contributed by atoms with Crippen LogP contribution in [0.4, 0.5) is 11.4 Å². The van der Waals surface area contributed by atoms with E-state index in [9.17, 15) is 9.59 Å². The van der Waals surface area contributed by atoms with Crippen LogP contribution in [-0.2, 0) is 9.59 Å². The van der Waals surface area contributed by atoms with E-state index in [4.69, 9.17) is 14.2 Å². The number of carbonyl (C=O) groups excluding carboxylic acids is 2. The first-order valence-electron chi connectivity index (χ1n) is 9.94. The number of anilines is 2. The van der Waals surface area contributed by atoms with Crippen molar-refractivity contribution in [2.24, 2.45) is 0 Å². The molecule has 31 heavy (non-hydrogen) atoms. The fourth-order valence-electron chi connectivity index (χ4n) is 3.18. The van der Waals surface area contributed by atoms with Gasteiger partial charge in [0, 0.05) is 11.3 Å². The van der Waals surface area contributed by atoms with Gasteiger partial charge in [-0.25, -0.2) is 0 Å². The van der Waals surface area contributed by atoms with E-state index in [1.807, 2.05) is 37.3 Å². The van der Waals surface area contributed by atoms with E-state index >= 15 is 0 Å². The van der Waals surface area contributed by atoms with Crippen molar-refractivity contribution in [1.29, 1.82) is 0 Å². The Morgan fingerprint density at radius 2 is 1.71 bits per heavy atom. The maximum Gasteiger partial charge on any atom is 0.270 e. The van der Waals surface area contributed by atoms with Gasteiger partial charge in [0.1, 0.15) is 17.2 Å². The number of ether oxygens (including phenoxy) is 3. The summed E-state index contributed by atoms with van der Waals surface area (Å²) in [5.41, 5.74) is 1.80. The third kappa shape index (κ3) is 4.95. The summed E-state index contributed by atoms with van der Waals surface area (Å²) in [5.74, 6) is 1.26. The average Bonchev–Trinajstić information content (AvgIpc) is 2.79. The zero-order chi connectivity index (χ0) is 21.6. The van der Waals surface area contributed by atoms with Crippen molar-refractivity contribution in [1.82, 2.24) is 0 Å². The molecular formula is C24H22N2O5. The van der Waals surface area contributed by atoms with Crippen molar-refractivity contribution in [3.8, 4) is 17.2 Å². The fourth-order valence-corrected chi connectivity index (χ4v) is 3.18. The highest BCUT2D eigenvalue weighted by Crippen LogP contribution is 2.36. The summed E-state index contributed by atoms with van der Waals surface area (Å²) in [4.78, 5) is 24.7. The second kappa shape index (κ2) is 9.21. The summed E-state index contributed by atoms with van der Waals surface area (Å²) in [7, 11) is 0. The number of benzene rings is 3. The number of rotatable bonds is 7. The molecule has 2 N–H and O–H groups in total. The van der Waals surface area contributed by atoms with Crippen molar-refractivity contribution in [3.63, 3.8) is 0 Å². The second-order valence-electron chi connectivity index (χ2n) is 6.85. The van der Waals surface area contributed by atoms with Gasteiger partial charge in [-0.15, -0.1) is 0 Å². The fraction of sp³-hybridized carbons (Fsp3) is 0.167. The van der Waals surface area contributed by atoms with Crippen molar-refractivity contribution in [3.05, 3.63) is 78.4 Å². The Bertz CT molecular complexity index is 1070. The van der Waals surface area contributed by atoms with Crippen LogP contribution in [0.15, 0.2) is 72.8 Å². The normalized spacial score (nSPS) is 14.6. The third-order valence-corrected chi connectivity index (χ3v) is 4.61. The van der Waals surface area contributed by atoms with Gasteiger partial charge in [0.05, 0.1) is 12.3 Å². The molecule has 1 heterocycles. The average molecular weight is 418 g/mol. The molecule has 1 unspecified atom stereocenters. The molecule has 7 nitrogen and oxygen atoms in total. The first kappa shape index (κ1) is 20.3. The van der Waals surface area contributed by atoms with E-state index in [-0.39, 0.29) is 18.4 Å². The minimum atomic E-state index is -0.711. The van der Waals surface area contributed by atoms with Gasteiger partial charge in [-0.2, -0.15) is 0 Å². The quantitative estimate of drug-likeness (QED) is 0.601. The number of hydrogen-bond acceptors (Lipinski definition) is 5. The summed E-state index contributed by atoms with van der Waals surface area (Å²) in [5, 5.41) is 5.59. The Hall–Kier alpha value is -4.00. The largest absolute Gasteiger partial charge is 0.494 e. The van der Waals surface area contributed by atoms with Crippen LogP contribution in [0.5, 0.6) is 17.2 Å². The van der Waals surface area contributed by atoms with E-state index in [1.54, 1.807) is 42.5 Å². The van der Waals surface area contributed by atoms with Crippen molar-refractivity contribution in [2.45, 2.75) is 13.0 Å². The van der Waals surface area contributed by atoms with Crippen molar-refractivity contribution >= 4 is 23.2 Å². The van der Waals surface area contributed by atoms with Crippen LogP contribution >= 0.6 is 0 Å². The van der Waals surface area contributed by atoms with E-state index in [0.29, 0.717) is 29.5 Å². The first-order valence-corrected chi connectivity index (χ1v) is 9.94. The molecule has 1 aliphatic rings. The molecule has 0 spiro atoms. The number of nitrogens with one attached hydrogen (secondary N) is 2. The van der Waals surface area contributed by atoms with E-state index < -0.39 is 6.10 Å². The molecule has 158 valence electrons. The van der Waals surface area contributed by atoms with Gasteiger partial charge in [0.15, 0.2) is 6.61 Å². The van der Waals surface area contributed by atoms with E-state index in [2.05, 4.69) is 10.6 Å². The van der Waals surface area contributed by atoms with Gasteiger partial charge in [0.2, 0.25) is 6.10 Å². The minimum Gasteiger partial charge on any atom is -0.494 e. The van der Waals surface area contributed by atoms with Crippen LogP contribution in [0, 0.1) is 0 Å². The molecule has 7 heteroatoms. The Morgan fingerprint density at radius 3 is 2.42 bits per heavy atom. The van der Waals surface area contributed by atoms with Crippen molar-refractivity contribution < 1.29 is 23.8 Å². The van der Waals surface area contributed by atoms with Crippen LogP contribution in [0.2, 0.25) is 0 Å². The predicted molar refractivity (Wildman–Crippen MR) is 117 cm³/mol. The van der Waals surface area contributed by atoms with Crippen molar-refractivity contribution in [2.75, 3.05) is 23.8 Å². The molecule has 3 aromatic carbocycles. The van der Waals surface area contributed by atoms with Crippen LogP contribution < -0.4 is 24.8 Å². The minimum absolute atomic E-state index is 0.149. The summed E-state index contributed by atoms with van der Waals surface area (Å²) >= 11 is 0. The lowest BCUT2D eigenvalue weighted by Gasteiger charge is -2.26. The molecule has 0 fully saturated rings. The van der Waals surface area contributed by atoms with Gasteiger partial charge in [-0.1, -0.05) is 30.3 Å². The molecule has 0 aromatic heterocycles. The summed E-state index contributed by atoms with van der Waals surface area (Å²) < 4.78 is 16.7. The summed E-state index contributed by atoms with van der Waals surface area (Å²) in [6, 6.07) is 21.4. The van der Waals surface area contributed by atoms with Gasteiger partial charge < -0.3 is 24.8 Å². The topological polar surface area (TPSA) is 85.9 Å². The van der Waals surface area contributed by atoms with Crippen LogP contribution in [0.25, 0.3) is 0 Å². The molecule has 0 bridgehead atoms. The maximum absolute atomic E-state index is 12.5. The van der Waals surface area contributed by atoms with Gasteiger partial charge in [-0.3, -0.25) is 9.59 Å². The lowest BCUT2D eigenvalue weighted by atomic mass is 10.1. The lowest BCUT2D eigenvalue weighted by molar-refractivity contribution is -0.123. The molecule has 1 aliphatic heterocycles. The van der Waals surface area contributed by atoms with Crippen LogP contribution in [0.3, 0.4) is 0 Å². The zero-order valence-corrected chi connectivity index (χ0v) is 17.0. The Balaban J connectivity index is 1.35. The summed E-state index contributed by atoms with van der Waals surface area (Å²) in [6.45, 7) is 2.35. The van der Waals surface area contributed by atoms with Gasteiger partial charge in [0.25, 0.3) is 11.8 Å². The number of carbonyl (C=O) groups is 2. The molecular weight excluding hydrogens is 396 g/mol. The Morgan fingerprint density at radius 1 is 1.00 bits per heavy atom. The molecule has 0 radical (unpaired) electrons. The smallest absolute Gasteiger partial charge is 0.270 e. The third-order valence-electron chi connectivity index (χ3n) is 4.61. The first-order chi connectivity index (χ1) is 15.1. The molecule has 4 rings (SSSR count). The van der Waals surface area contributed by atoms with Gasteiger partial charge in [-0.05, 0) is 49.4 Å². The molecule has 0 saturated carbocycles. The molecule has 3 aromatic rings. The molecule has 2 amide bonds.